The Morgan fingerprint density at radius 1 is 0.743 bits per heavy atom. The number of piperazine rings is 1. The van der Waals surface area contributed by atoms with Crippen LogP contribution in [0.2, 0.25) is 0 Å². The molecule has 1 fully saturated rings. The van der Waals surface area contributed by atoms with Gasteiger partial charge in [0.25, 0.3) is 5.91 Å². The summed E-state index contributed by atoms with van der Waals surface area (Å²) >= 11 is 1.63. The third kappa shape index (κ3) is 6.15. The van der Waals surface area contributed by atoms with Gasteiger partial charge in [0.05, 0.1) is 5.69 Å². The maximum atomic E-state index is 13.1. The summed E-state index contributed by atoms with van der Waals surface area (Å²) in [5, 5.41) is 9.61. The highest BCUT2D eigenvalue weighted by Crippen LogP contribution is 2.23. The lowest BCUT2D eigenvalue weighted by molar-refractivity contribution is 0.0628. The van der Waals surface area contributed by atoms with Gasteiger partial charge in [-0.3, -0.25) is 9.69 Å². The van der Waals surface area contributed by atoms with E-state index in [-0.39, 0.29) is 5.91 Å². The minimum Gasteiger partial charge on any atom is -0.336 e. The van der Waals surface area contributed by atoms with Gasteiger partial charge in [0, 0.05) is 49.6 Å². The molecule has 176 valence electrons. The predicted molar refractivity (Wildman–Crippen MR) is 141 cm³/mol. The van der Waals surface area contributed by atoms with E-state index in [9.17, 15) is 4.79 Å². The summed E-state index contributed by atoms with van der Waals surface area (Å²) < 4.78 is 0. The van der Waals surface area contributed by atoms with Crippen LogP contribution < -0.4 is 0 Å². The lowest BCUT2D eigenvalue weighted by Gasteiger charge is -2.34. The number of hydrogen-bond acceptors (Lipinski definition) is 5. The molecule has 5 rings (SSSR count). The number of carbonyl (C=O) groups excluding carboxylic acids is 1. The summed E-state index contributed by atoms with van der Waals surface area (Å²) in [4.78, 5) is 17.5. The molecule has 0 radical (unpaired) electrons. The highest BCUT2D eigenvalue weighted by molar-refractivity contribution is 7.98. The molecular weight excluding hydrogens is 452 g/mol. The second-order valence-corrected chi connectivity index (χ2v) is 9.66. The van der Waals surface area contributed by atoms with Crippen molar-refractivity contribution in [3.05, 3.63) is 114 Å². The van der Waals surface area contributed by atoms with Crippen molar-refractivity contribution in [3.8, 4) is 11.3 Å². The average Bonchev–Trinajstić information content (AvgIpc) is 2.93. The Bertz CT molecular complexity index is 1240. The van der Waals surface area contributed by atoms with Gasteiger partial charge in [-0.2, -0.15) is 0 Å². The van der Waals surface area contributed by atoms with Crippen molar-refractivity contribution in [1.29, 1.82) is 0 Å². The summed E-state index contributed by atoms with van der Waals surface area (Å²) in [5.41, 5.74) is 5.11. The molecule has 1 saturated heterocycles. The van der Waals surface area contributed by atoms with Crippen LogP contribution in [0, 0.1) is 0 Å². The molecule has 0 atom stereocenters. The summed E-state index contributed by atoms with van der Waals surface area (Å²) in [6, 6.07) is 32.5. The zero-order valence-corrected chi connectivity index (χ0v) is 20.4. The van der Waals surface area contributed by atoms with Crippen molar-refractivity contribution in [3.63, 3.8) is 0 Å². The van der Waals surface area contributed by atoms with Crippen molar-refractivity contribution in [1.82, 2.24) is 20.0 Å². The van der Waals surface area contributed by atoms with E-state index < -0.39 is 0 Å². The molecule has 1 aliphatic heterocycles. The van der Waals surface area contributed by atoms with Crippen molar-refractivity contribution in [2.45, 2.75) is 17.3 Å². The van der Waals surface area contributed by atoms with Crippen molar-refractivity contribution in [2.75, 3.05) is 26.2 Å². The van der Waals surface area contributed by atoms with E-state index in [1.54, 1.807) is 11.8 Å². The van der Waals surface area contributed by atoms with E-state index in [2.05, 4.69) is 45.4 Å². The van der Waals surface area contributed by atoms with E-state index in [0.29, 0.717) is 0 Å². The zero-order chi connectivity index (χ0) is 23.9. The lowest BCUT2D eigenvalue weighted by atomic mass is 10.1. The monoisotopic (exact) mass is 480 g/mol. The van der Waals surface area contributed by atoms with Crippen LogP contribution in [0.4, 0.5) is 0 Å². The molecular formula is C29H28N4OS. The van der Waals surface area contributed by atoms with Crippen LogP contribution in [0.15, 0.2) is 102 Å². The predicted octanol–water partition coefficient (Wildman–Crippen LogP) is 5.39. The number of benzene rings is 3. The quantitative estimate of drug-likeness (QED) is 0.332. The van der Waals surface area contributed by atoms with Crippen LogP contribution in [0.3, 0.4) is 0 Å². The van der Waals surface area contributed by atoms with E-state index >= 15 is 0 Å². The van der Waals surface area contributed by atoms with Crippen molar-refractivity contribution >= 4 is 17.7 Å². The molecule has 0 aliphatic carbocycles. The van der Waals surface area contributed by atoms with Crippen LogP contribution in [-0.2, 0) is 12.3 Å². The van der Waals surface area contributed by atoms with Gasteiger partial charge in [-0.05, 0) is 35.4 Å². The summed E-state index contributed by atoms with van der Waals surface area (Å²) in [5.74, 6) is 0.855. The standard InChI is InChI=1S/C29H28N4OS/c34-29(33-18-16-32(17-19-33)21-23-8-3-1-4-9-23)26-13-7-10-24(20-26)22-35-28-15-14-27(30-31-28)25-11-5-2-6-12-25/h1-15,20H,16-19,21-22H2. The van der Waals surface area contributed by atoms with Gasteiger partial charge in [0.2, 0.25) is 0 Å². The van der Waals surface area contributed by atoms with Gasteiger partial charge < -0.3 is 4.90 Å². The van der Waals surface area contributed by atoms with E-state index in [1.807, 2.05) is 71.6 Å². The Morgan fingerprint density at radius 3 is 2.17 bits per heavy atom. The summed E-state index contributed by atoms with van der Waals surface area (Å²) in [7, 11) is 0. The summed E-state index contributed by atoms with van der Waals surface area (Å²) in [6.45, 7) is 4.24. The topological polar surface area (TPSA) is 49.3 Å². The van der Waals surface area contributed by atoms with Crippen LogP contribution >= 0.6 is 11.8 Å². The fourth-order valence-electron chi connectivity index (χ4n) is 4.24. The number of thioether (sulfide) groups is 1. The first-order chi connectivity index (χ1) is 17.2. The van der Waals surface area contributed by atoms with Crippen LogP contribution in [-0.4, -0.2) is 52.1 Å². The molecule has 0 spiro atoms. The first-order valence-corrected chi connectivity index (χ1v) is 12.9. The van der Waals surface area contributed by atoms with Crippen LogP contribution in [0.25, 0.3) is 11.3 Å². The Hall–Kier alpha value is -3.48. The molecule has 4 aromatic rings. The fraction of sp³-hybridized carbons (Fsp3) is 0.207. The molecule has 3 aromatic carbocycles. The number of amides is 1. The second-order valence-electron chi connectivity index (χ2n) is 8.67. The summed E-state index contributed by atoms with van der Waals surface area (Å²) in [6.07, 6.45) is 0. The van der Waals surface area contributed by atoms with Gasteiger partial charge in [0.15, 0.2) is 0 Å². The Labute approximate surface area is 210 Å². The fourth-order valence-corrected chi connectivity index (χ4v) is 5.00. The zero-order valence-electron chi connectivity index (χ0n) is 19.6. The molecule has 1 aromatic heterocycles. The van der Waals surface area contributed by atoms with E-state index in [4.69, 9.17) is 0 Å². The molecule has 1 amide bonds. The minimum absolute atomic E-state index is 0.114. The van der Waals surface area contributed by atoms with Crippen LogP contribution in [0.1, 0.15) is 21.5 Å². The SMILES string of the molecule is O=C(c1cccc(CSc2ccc(-c3ccccc3)nn2)c1)N1CCN(Cc2ccccc2)CC1. The Kier molecular flexibility index (Phi) is 7.51. The number of rotatable bonds is 7. The molecule has 35 heavy (non-hydrogen) atoms. The van der Waals surface area contributed by atoms with E-state index in [1.165, 1.54) is 5.56 Å². The molecule has 6 heteroatoms. The third-order valence-corrected chi connectivity index (χ3v) is 7.17. The van der Waals surface area contributed by atoms with Crippen LogP contribution in [0.5, 0.6) is 0 Å². The second kappa shape index (κ2) is 11.3. The smallest absolute Gasteiger partial charge is 0.253 e. The normalized spacial score (nSPS) is 14.1. The average molecular weight is 481 g/mol. The van der Waals surface area contributed by atoms with Gasteiger partial charge in [-0.15, -0.1) is 10.2 Å². The lowest BCUT2D eigenvalue weighted by Crippen LogP contribution is -2.48. The first-order valence-electron chi connectivity index (χ1n) is 11.9. The number of aromatic nitrogens is 2. The Morgan fingerprint density at radius 2 is 1.46 bits per heavy atom. The van der Waals surface area contributed by atoms with Crippen molar-refractivity contribution < 1.29 is 4.79 Å². The molecule has 0 bridgehead atoms. The molecule has 2 heterocycles. The van der Waals surface area contributed by atoms with Gasteiger partial charge in [0.1, 0.15) is 5.03 Å². The van der Waals surface area contributed by atoms with Gasteiger partial charge >= 0.3 is 0 Å². The third-order valence-electron chi connectivity index (χ3n) is 6.18. The maximum absolute atomic E-state index is 13.1. The largest absolute Gasteiger partial charge is 0.336 e. The maximum Gasteiger partial charge on any atom is 0.253 e. The molecule has 0 saturated carbocycles. The number of nitrogens with zero attached hydrogens (tertiary/aromatic N) is 4. The van der Waals surface area contributed by atoms with Gasteiger partial charge in [-0.1, -0.05) is 84.6 Å². The molecule has 0 unspecified atom stereocenters. The number of carbonyl (C=O) groups is 1. The molecule has 5 nitrogen and oxygen atoms in total. The van der Waals surface area contributed by atoms with E-state index in [0.717, 1.165) is 65.9 Å². The minimum atomic E-state index is 0.114. The highest BCUT2D eigenvalue weighted by atomic mass is 32.2. The Balaban J connectivity index is 1.14. The first kappa shape index (κ1) is 23.3. The molecule has 0 N–H and O–H groups in total. The highest BCUT2D eigenvalue weighted by Gasteiger charge is 2.22. The van der Waals surface area contributed by atoms with Gasteiger partial charge in [-0.25, -0.2) is 0 Å². The van der Waals surface area contributed by atoms with Crippen molar-refractivity contribution in [2.24, 2.45) is 0 Å². The number of hydrogen-bond donors (Lipinski definition) is 0. The molecule has 1 aliphatic rings.